The summed E-state index contributed by atoms with van der Waals surface area (Å²) >= 11 is 0. The molecule has 0 aromatic carbocycles. The second-order valence-corrected chi connectivity index (χ2v) is 0.960. The van der Waals surface area contributed by atoms with E-state index >= 15 is 0 Å². The first-order valence-corrected chi connectivity index (χ1v) is 2.13. The van der Waals surface area contributed by atoms with Crippen molar-refractivity contribution in [1.82, 2.24) is 10.4 Å². The Balaban J connectivity index is 0.000000148. The van der Waals surface area contributed by atoms with Crippen LogP contribution in [0.3, 0.4) is 0 Å². The summed E-state index contributed by atoms with van der Waals surface area (Å²) < 4.78 is 4.47. The molecule has 0 unspecified atom stereocenters. The van der Waals surface area contributed by atoms with Crippen LogP contribution in [-0.2, 0) is 4.79 Å². The number of nitrogens with one attached hydrogen (secondary N) is 1. The van der Waals surface area contributed by atoms with Gasteiger partial charge in [0.2, 0.25) is 6.41 Å². The maximum Gasteiger partial charge on any atom is 0.221 e. The number of hydrogen-bond acceptors (Lipinski definition) is 4. The lowest BCUT2D eigenvalue weighted by Gasteiger charge is -1.66. The number of aromatic nitrogens is 1. The van der Waals surface area contributed by atoms with Crippen LogP contribution >= 0.6 is 0 Å². The number of amides is 1. The zero-order valence-corrected chi connectivity index (χ0v) is 4.65. The highest BCUT2D eigenvalue weighted by molar-refractivity contribution is 5.44. The van der Waals surface area contributed by atoms with E-state index in [2.05, 4.69) is 15.2 Å². The first kappa shape index (κ1) is 7.64. The first-order valence-electron chi connectivity index (χ1n) is 2.13. The molecular weight excluding hydrogens is 122 g/mol. The Morgan fingerprint density at radius 3 is 2.56 bits per heavy atom. The predicted molar refractivity (Wildman–Crippen MR) is 29.9 cm³/mol. The van der Waals surface area contributed by atoms with Crippen molar-refractivity contribution in [3.63, 3.8) is 0 Å². The topological polar surface area (TPSA) is 81.1 Å². The molecule has 5 nitrogen and oxygen atoms in total. The van der Waals surface area contributed by atoms with Gasteiger partial charge in [0.25, 0.3) is 0 Å². The fraction of sp³-hybridized carbons (Fsp3) is 0. The summed E-state index contributed by atoms with van der Waals surface area (Å²) in [7, 11) is 0. The highest BCUT2D eigenvalue weighted by Crippen LogP contribution is 1.72. The molecule has 1 amide bonds. The molecule has 5 heteroatoms. The van der Waals surface area contributed by atoms with E-state index in [4.69, 9.17) is 4.79 Å². The third kappa shape index (κ3) is 6.64. The van der Waals surface area contributed by atoms with E-state index in [0.29, 0.717) is 6.41 Å². The summed E-state index contributed by atoms with van der Waals surface area (Å²) in [6, 6.07) is 0. The van der Waals surface area contributed by atoms with E-state index in [1.165, 1.54) is 12.7 Å². The predicted octanol–water partition coefficient (Wildman–Crippen LogP) is -0.719. The van der Waals surface area contributed by atoms with Crippen LogP contribution in [0.4, 0.5) is 0 Å². The van der Waals surface area contributed by atoms with Crippen LogP contribution in [-0.4, -0.2) is 11.4 Å². The van der Waals surface area contributed by atoms with Gasteiger partial charge in [-0.05, 0) is 0 Å². The van der Waals surface area contributed by atoms with Crippen molar-refractivity contribution >= 4 is 6.41 Å². The quantitative estimate of drug-likeness (QED) is 0.227. The SMILES string of the molecule is NNC=O.c1cocn1. The van der Waals surface area contributed by atoms with Crippen LogP contribution < -0.4 is 11.3 Å². The fourth-order valence-electron chi connectivity index (χ4n) is 0.176. The van der Waals surface area contributed by atoms with E-state index in [0.717, 1.165) is 0 Å². The van der Waals surface area contributed by atoms with Crippen molar-refractivity contribution in [2.24, 2.45) is 5.84 Å². The summed E-state index contributed by atoms with van der Waals surface area (Å²) in [6.45, 7) is 0. The van der Waals surface area contributed by atoms with Crippen LogP contribution in [0, 0.1) is 0 Å². The van der Waals surface area contributed by atoms with Gasteiger partial charge in [0, 0.05) is 0 Å². The van der Waals surface area contributed by atoms with Crippen molar-refractivity contribution in [3.05, 3.63) is 18.9 Å². The molecule has 3 N–H and O–H groups in total. The molecule has 1 heterocycles. The Hall–Kier alpha value is -1.36. The maximum absolute atomic E-state index is 8.94. The van der Waals surface area contributed by atoms with Crippen LogP contribution in [0.1, 0.15) is 0 Å². The smallest absolute Gasteiger partial charge is 0.221 e. The van der Waals surface area contributed by atoms with Gasteiger partial charge in [-0.25, -0.2) is 10.8 Å². The Morgan fingerprint density at radius 1 is 1.78 bits per heavy atom. The highest BCUT2D eigenvalue weighted by atomic mass is 16.3. The Morgan fingerprint density at radius 2 is 2.44 bits per heavy atom. The van der Waals surface area contributed by atoms with E-state index in [1.807, 2.05) is 0 Å². The lowest BCUT2D eigenvalue weighted by atomic mass is 11.0. The van der Waals surface area contributed by atoms with Crippen LogP contribution in [0.15, 0.2) is 23.3 Å². The van der Waals surface area contributed by atoms with Crippen molar-refractivity contribution in [3.8, 4) is 0 Å². The summed E-state index contributed by atoms with van der Waals surface area (Å²) in [5.41, 5.74) is 1.75. The van der Waals surface area contributed by atoms with Gasteiger partial charge in [0.05, 0.1) is 6.20 Å². The number of oxazole rings is 1. The minimum atomic E-state index is 0.403. The maximum atomic E-state index is 8.94. The largest absolute Gasteiger partial charge is 0.452 e. The zero-order chi connectivity index (χ0) is 6.95. The molecule has 50 valence electrons. The molecule has 0 aliphatic carbocycles. The van der Waals surface area contributed by atoms with Crippen molar-refractivity contribution < 1.29 is 9.21 Å². The van der Waals surface area contributed by atoms with Crippen LogP contribution in [0.5, 0.6) is 0 Å². The van der Waals surface area contributed by atoms with Gasteiger partial charge in [0.1, 0.15) is 6.26 Å². The summed E-state index contributed by atoms with van der Waals surface area (Å²) in [6.07, 6.45) is 4.88. The zero-order valence-electron chi connectivity index (χ0n) is 4.65. The normalized spacial score (nSPS) is 6.78. The standard InChI is InChI=1S/C3H3NO.CH4N2O/c1-2-5-3-4-1;2-3-1-4/h1-3H;1H,2H2,(H,3,4). The lowest BCUT2D eigenvalue weighted by Crippen LogP contribution is -2.18. The monoisotopic (exact) mass is 129 g/mol. The minimum Gasteiger partial charge on any atom is -0.452 e. The molecule has 0 spiro atoms. The molecule has 0 fully saturated rings. The molecule has 9 heavy (non-hydrogen) atoms. The molecule has 0 bridgehead atoms. The van der Waals surface area contributed by atoms with Crippen LogP contribution in [0.2, 0.25) is 0 Å². The van der Waals surface area contributed by atoms with Gasteiger partial charge < -0.3 is 4.42 Å². The third-order valence-electron chi connectivity index (χ3n) is 0.415. The minimum absolute atomic E-state index is 0.403. The van der Waals surface area contributed by atoms with Crippen molar-refractivity contribution in [2.45, 2.75) is 0 Å². The van der Waals surface area contributed by atoms with E-state index in [-0.39, 0.29) is 0 Å². The number of carbonyl (C=O) groups excluding carboxylic acids is 1. The summed E-state index contributed by atoms with van der Waals surface area (Å²) in [5, 5.41) is 0. The second kappa shape index (κ2) is 6.64. The average molecular weight is 129 g/mol. The molecule has 1 rings (SSSR count). The van der Waals surface area contributed by atoms with Gasteiger partial charge >= 0.3 is 0 Å². The third-order valence-corrected chi connectivity index (χ3v) is 0.415. The van der Waals surface area contributed by atoms with Gasteiger partial charge in [0.15, 0.2) is 6.39 Å². The van der Waals surface area contributed by atoms with Gasteiger partial charge in [-0.15, -0.1) is 0 Å². The number of hydrogen-bond donors (Lipinski definition) is 2. The molecule has 1 aromatic rings. The molecule has 0 atom stereocenters. The molecule has 0 saturated carbocycles. The average Bonchev–Trinajstić information content (AvgIpc) is 2.43. The second-order valence-electron chi connectivity index (χ2n) is 0.960. The molecular formula is C4H7N3O2. The molecule has 0 saturated heterocycles. The summed E-state index contributed by atoms with van der Waals surface area (Å²) in [4.78, 5) is 12.5. The van der Waals surface area contributed by atoms with Gasteiger partial charge in [-0.1, -0.05) is 0 Å². The van der Waals surface area contributed by atoms with Crippen molar-refractivity contribution in [1.29, 1.82) is 0 Å². The Kier molecular flexibility index (Phi) is 5.64. The molecule has 1 aromatic heterocycles. The number of hydrazine groups is 1. The number of nitrogens with two attached hydrogens (primary N) is 1. The summed E-state index contributed by atoms with van der Waals surface area (Å²) in [5.74, 6) is 4.41. The Labute approximate surface area is 51.8 Å². The number of carbonyl (C=O) groups is 1. The first-order chi connectivity index (χ1) is 4.41. The molecule has 0 radical (unpaired) electrons. The van der Waals surface area contributed by atoms with Crippen molar-refractivity contribution in [2.75, 3.05) is 0 Å². The molecule has 0 aliphatic heterocycles. The fourth-order valence-corrected chi connectivity index (χ4v) is 0.176. The molecule has 0 aliphatic rings. The van der Waals surface area contributed by atoms with E-state index in [9.17, 15) is 0 Å². The van der Waals surface area contributed by atoms with E-state index < -0.39 is 0 Å². The van der Waals surface area contributed by atoms with E-state index in [1.54, 1.807) is 11.6 Å². The number of rotatable bonds is 1. The highest BCUT2D eigenvalue weighted by Gasteiger charge is 1.59. The van der Waals surface area contributed by atoms with Crippen LogP contribution in [0.25, 0.3) is 0 Å². The number of nitrogens with zero attached hydrogens (tertiary/aromatic N) is 1. The van der Waals surface area contributed by atoms with Gasteiger partial charge in [-0.3, -0.25) is 10.2 Å². The lowest BCUT2D eigenvalue weighted by molar-refractivity contribution is -0.109. The van der Waals surface area contributed by atoms with Gasteiger partial charge in [-0.2, -0.15) is 0 Å². The Bertz CT molecular complexity index is 111.